The van der Waals surface area contributed by atoms with Crippen LogP contribution in [0.3, 0.4) is 0 Å². The number of nitrogens with zero attached hydrogens (tertiary/aromatic N) is 1. The molecule has 1 aliphatic rings. The number of rotatable bonds is 4. The summed E-state index contributed by atoms with van der Waals surface area (Å²) in [7, 11) is 0. The SMILES string of the molecule is O=C(CNC(=O)c1ccc2c(c1)OCO2)Nc1cccnc1. The highest BCUT2D eigenvalue weighted by molar-refractivity contribution is 5.99. The Morgan fingerprint density at radius 2 is 2.05 bits per heavy atom. The van der Waals surface area contributed by atoms with Crippen LogP contribution < -0.4 is 20.1 Å². The summed E-state index contributed by atoms with van der Waals surface area (Å²) < 4.78 is 10.4. The van der Waals surface area contributed by atoms with E-state index in [0.717, 1.165) is 0 Å². The van der Waals surface area contributed by atoms with Crippen molar-refractivity contribution in [3.8, 4) is 11.5 Å². The fraction of sp³-hybridized carbons (Fsp3) is 0.133. The molecule has 22 heavy (non-hydrogen) atoms. The van der Waals surface area contributed by atoms with Gasteiger partial charge >= 0.3 is 0 Å². The van der Waals surface area contributed by atoms with Crippen LogP contribution in [0.15, 0.2) is 42.7 Å². The van der Waals surface area contributed by atoms with E-state index in [1.807, 2.05) is 0 Å². The maximum Gasteiger partial charge on any atom is 0.251 e. The first kappa shape index (κ1) is 13.9. The van der Waals surface area contributed by atoms with Crippen LogP contribution in [0.4, 0.5) is 5.69 Å². The van der Waals surface area contributed by atoms with Crippen molar-refractivity contribution in [2.24, 2.45) is 0 Å². The Hall–Kier alpha value is -3.09. The Morgan fingerprint density at radius 3 is 2.86 bits per heavy atom. The third-order valence-electron chi connectivity index (χ3n) is 2.99. The molecule has 1 aliphatic heterocycles. The molecule has 0 bridgehead atoms. The average Bonchev–Trinajstić information content (AvgIpc) is 3.01. The summed E-state index contributed by atoms with van der Waals surface area (Å²) in [6.07, 6.45) is 3.13. The molecule has 2 aromatic rings. The Morgan fingerprint density at radius 1 is 1.18 bits per heavy atom. The second kappa shape index (κ2) is 6.13. The summed E-state index contributed by atoms with van der Waals surface area (Å²) in [5.41, 5.74) is 0.975. The van der Waals surface area contributed by atoms with Crippen LogP contribution in [0.5, 0.6) is 11.5 Å². The molecule has 0 aliphatic carbocycles. The van der Waals surface area contributed by atoms with Crippen molar-refractivity contribution in [3.63, 3.8) is 0 Å². The van der Waals surface area contributed by atoms with E-state index >= 15 is 0 Å². The van der Waals surface area contributed by atoms with Crippen LogP contribution in [0, 0.1) is 0 Å². The minimum atomic E-state index is -0.361. The number of fused-ring (bicyclic) bond motifs is 1. The predicted octanol–water partition coefficient (Wildman–Crippen LogP) is 1.18. The minimum Gasteiger partial charge on any atom is -0.454 e. The van der Waals surface area contributed by atoms with Gasteiger partial charge in [0.05, 0.1) is 18.4 Å². The summed E-state index contributed by atoms with van der Waals surface area (Å²) in [5.74, 6) is 0.431. The molecule has 0 fully saturated rings. The second-order valence-corrected chi connectivity index (χ2v) is 4.54. The van der Waals surface area contributed by atoms with Crippen molar-refractivity contribution in [1.29, 1.82) is 0 Å². The second-order valence-electron chi connectivity index (χ2n) is 4.54. The largest absolute Gasteiger partial charge is 0.454 e. The fourth-order valence-electron chi connectivity index (χ4n) is 1.94. The van der Waals surface area contributed by atoms with Gasteiger partial charge in [0.25, 0.3) is 5.91 Å². The summed E-state index contributed by atoms with van der Waals surface area (Å²) >= 11 is 0. The number of hydrogen-bond donors (Lipinski definition) is 2. The molecule has 112 valence electrons. The molecule has 0 radical (unpaired) electrons. The fourth-order valence-corrected chi connectivity index (χ4v) is 1.94. The van der Waals surface area contributed by atoms with Crippen LogP contribution in [0.25, 0.3) is 0 Å². The zero-order valence-corrected chi connectivity index (χ0v) is 11.5. The maximum atomic E-state index is 12.0. The van der Waals surface area contributed by atoms with Gasteiger partial charge in [-0.3, -0.25) is 14.6 Å². The van der Waals surface area contributed by atoms with Gasteiger partial charge in [0, 0.05) is 11.8 Å². The Bertz CT molecular complexity index is 703. The van der Waals surface area contributed by atoms with E-state index in [0.29, 0.717) is 22.7 Å². The molecule has 2 amide bonds. The number of pyridine rings is 1. The quantitative estimate of drug-likeness (QED) is 0.885. The molecule has 7 heteroatoms. The van der Waals surface area contributed by atoms with E-state index in [1.165, 1.54) is 6.20 Å². The first-order valence-corrected chi connectivity index (χ1v) is 6.60. The van der Waals surface area contributed by atoms with Gasteiger partial charge in [-0.15, -0.1) is 0 Å². The van der Waals surface area contributed by atoms with E-state index < -0.39 is 0 Å². The van der Waals surface area contributed by atoms with Gasteiger partial charge in [-0.25, -0.2) is 0 Å². The van der Waals surface area contributed by atoms with Gasteiger partial charge in [-0.05, 0) is 30.3 Å². The molecule has 3 rings (SSSR count). The summed E-state index contributed by atoms with van der Waals surface area (Å²) in [6, 6.07) is 8.27. The smallest absolute Gasteiger partial charge is 0.251 e. The van der Waals surface area contributed by atoms with E-state index in [1.54, 1.807) is 36.5 Å². The highest BCUT2D eigenvalue weighted by atomic mass is 16.7. The lowest BCUT2D eigenvalue weighted by molar-refractivity contribution is -0.115. The average molecular weight is 299 g/mol. The highest BCUT2D eigenvalue weighted by Crippen LogP contribution is 2.32. The monoisotopic (exact) mass is 299 g/mol. The lowest BCUT2D eigenvalue weighted by Crippen LogP contribution is -2.32. The number of hydrogen-bond acceptors (Lipinski definition) is 5. The van der Waals surface area contributed by atoms with Crippen LogP contribution in [0.2, 0.25) is 0 Å². The molecular weight excluding hydrogens is 286 g/mol. The van der Waals surface area contributed by atoms with Crippen molar-refractivity contribution in [1.82, 2.24) is 10.3 Å². The molecule has 2 heterocycles. The van der Waals surface area contributed by atoms with Crippen LogP contribution in [-0.2, 0) is 4.79 Å². The third kappa shape index (κ3) is 3.14. The number of ether oxygens (including phenoxy) is 2. The standard InChI is InChI=1S/C15H13N3O4/c19-14(18-11-2-1-5-16-7-11)8-17-15(20)10-3-4-12-13(6-10)22-9-21-12/h1-7H,8-9H2,(H,17,20)(H,18,19). The minimum absolute atomic E-state index is 0.137. The van der Waals surface area contributed by atoms with Gasteiger partial charge in [0.15, 0.2) is 11.5 Å². The molecule has 2 N–H and O–H groups in total. The lowest BCUT2D eigenvalue weighted by Gasteiger charge is -2.07. The Kier molecular flexibility index (Phi) is 3.86. The van der Waals surface area contributed by atoms with Crippen molar-refractivity contribution >= 4 is 17.5 Å². The van der Waals surface area contributed by atoms with E-state index in [9.17, 15) is 9.59 Å². The topological polar surface area (TPSA) is 89.6 Å². The first-order valence-electron chi connectivity index (χ1n) is 6.60. The molecule has 1 aromatic heterocycles. The number of anilines is 1. The van der Waals surface area contributed by atoms with Crippen LogP contribution >= 0.6 is 0 Å². The molecular formula is C15H13N3O4. The molecule has 7 nitrogen and oxygen atoms in total. The van der Waals surface area contributed by atoms with Crippen molar-refractivity contribution in [3.05, 3.63) is 48.3 Å². The molecule has 0 unspecified atom stereocenters. The van der Waals surface area contributed by atoms with Gasteiger partial charge in [-0.2, -0.15) is 0 Å². The number of benzene rings is 1. The zero-order valence-electron chi connectivity index (χ0n) is 11.5. The molecule has 0 saturated heterocycles. The number of amides is 2. The predicted molar refractivity (Wildman–Crippen MR) is 77.8 cm³/mol. The Labute approximate surface area is 126 Å². The first-order chi connectivity index (χ1) is 10.7. The van der Waals surface area contributed by atoms with Gasteiger partial charge in [0.1, 0.15) is 0 Å². The van der Waals surface area contributed by atoms with Crippen LogP contribution in [0.1, 0.15) is 10.4 Å². The summed E-state index contributed by atoms with van der Waals surface area (Å²) in [4.78, 5) is 27.6. The highest BCUT2D eigenvalue weighted by Gasteiger charge is 2.16. The maximum absolute atomic E-state index is 12.0. The third-order valence-corrected chi connectivity index (χ3v) is 2.99. The van der Waals surface area contributed by atoms with Crippen molar-refractivity contribution in [2.45, 2.75) is 0 Å². The number of carbonyl (C=O) groups excluding carboxylic acids is 2. The normalized spacial score (nSPS) is 11.8. The number of aromatic nitrogens is 1. The molecule has 0 saturated carbocycles. The van der Waals surface area contributed by atoms with Gasteiger partial charge in [0.2, 0.25) is 12.7 Å². The summed E-state index contributed by atoms with van der Waals surface area (Å²) in [5, 5.41) is 5.17. The Balaban J connectivity index is 1.55. The van der Waals surface area contributed by atoms with Crippen molar-refractivity contribution in [2.75, 3.05) is 18.7 Å². The van der Waals surface area contributed by atoms with E-state index in [-0.39, 0.29) is 25.2 Å². The lowest BCUT2D eigenvalue weighted by atomic mass is 10.2. The molecule has 0 spiro atoms. The van der Waals surface area contributed by atoms with E-state index in [2.05, 4.69) is 15.6 Å². The van der Waals surface area contributed by atoms with Gasteiger partial charge < -0.3 is 20.1 Å². The summed E-state index contributed by atoms with van der Waals surface area (Å²) in [6.45, 7) is 0.0100. The van der Waals surface area contributed by atoms with Crippen molar-refractivity contribution < 1.29 is 19.1 Å². The number of nitrogens with one attached hydrogen (secondary N) is 2. The zero-order chi connectivity index (χ0) is 15.4. The molecule has 1 aromatic carbocycles. The molecule has 0 atom stereocenters. The van der Waals surface area contributed by atoms with Gasteiger partial charge in [-0.1, -0.05) is 0 Å². The number of carbonyl (C=O) groups is 2. The van der Waals surface area contributed by atoms with Crippen LogP contribution in [-0.4, -0.2) is 30.1 Å². The van der Waals surface area contributed by atoms with E-state index in [4.69, 9.17) is 9.47 Å².